The zero-order valence-electron chi connectivity index (χ0n) is 14.2. The van der Waals surface area contributed by atoms with Crippen LogP contribution >= 0.6 is 0 Å². The minimum absolute atomic E-state index is 0.0466. The number of benzene rings is 1. The maximum atomic E-state index is 12.4. The minimum atomic E-state index is -1.49. The Morgan fingerprint density at radius 2 is 1.71 bits per heavy atom. The molecule has 0 saturated heterocycles. The summed E-state index contributed by atoms with van der Waals surface area (Å²) in [6, 6.07) is 6.56. The third kappa shape index (κ3) is 4.22. The Morgan fingerprint density at radius 3 is 2.21 bits per heavy atom. The van der Waals surface area contributed by atoms with E-state index >= 15 is 0 Å². The van der Waals surface area contributed by atoms with E-state index in [0.29, 0.717) is 17.5 Å². The summed E-state index contributed by atoms with van der Waals surface area (Å²) in [5, 5.41) is 0. The van der Waals surface area contributed by atoms with Crippen molar-refractivity contribution >= 4 is 17.9 Å². The van der Waals surface area contributed by atoms with E-state index in [4.69, 9.17) is 9.47 Å². The lowest BCUT2D eigenvalue weighted by Crippen LogP contribution is -2.43. The normalized spacial score (nSPS) is 10.6. The van der Waals surface area contributed by atoms with Gasteiger partial charge in [0, 0.05) is 0 Å². The summed E-state index contributed by atoms with van der Waals surface area (Å²) >= 11 is 0. The van der Waals surface area contributed by atoms with Gasteiger partial charge in [-0.15, -0.1) is 6.58 Å². The highest BCUT2D eigenvalue weighted by Gasteiger charge is 2.47. The van der Waals surface area contributed by atoms with Gasteiger partial charge in [-0.2, -0.15) is 0 Å². The second-order valence-corrected chi connectivity index (χ2v) is 5.26. The summed E-state index contributed by atoms with van der Waals surface area (Å²) in [6.07, 6.45) is 2.29. The highest BCUT2D eigenvalue weighted by Crippen LogP contribution is 2.32. The molecule has 0 saturated carbocycles. The fourth-order valence-corrected chi connectivity index (χ4v) is 2.53. The molecule has 0 heterocycles. The average Bonchev–Trinajstić information content (AvgIpc) is 2.63. The van der Waals surface area contributed by atoms with Crippen molar-refractivity contribution in [1.82, 2.24) is 0 Å². The van der Waals surface area contributed by atoms with E-state index in [2.05, 4.69) is 11.3 Å². The van der Waals surface area contributed by atoms with Gasteiger partial charge in [-0.05, 0) is 37.0 Å². The molecule has 0 bridgehead atoms. The summed E-state index contributed by atoms with van der Waals surface area (Å²) in [6.45, 7) is 3.62. The monoisotopic (exact) mass is 334 g/mol. The molecule has 6 heteroatoms. The van der Waals surface area contributed by atoms with E-state index in [1.807, 2.05) is 0 Å². The molecule has 24 heavy (non-hydrogen) atoms. The number of ether oxygens (including phenoxy) is 3. The van der Waals surface area contributed by atoms with Crippen LogP contribution in [0.15, 0.2) is 36.9 Å². The summed E-state index contributed by atoms with van der Waals surface area (Å²) in [4.78, 5) is 36.4. The van der Waals surface area contributed by atoms with E-state index in [-0.39, 0.29) is 12.8 Å². The lowest BCUT2D eigenvalue weighted by atomic mass is 9.77. The molecule has 1 aromatic carbocycles. The van der Waals surface area contributed by atoms with Crippen LogP contribution in [0.3, 0.4) is 0 Å². The van der Waals surface area contributed by atoms with Gasteiger partial charge in [0.25, 0.3) is 0 Å². The number of esters is 3. The van der Waals surface area contributed by atoms with Gasteiger partial charge >= 0.3 is 17.9 Å². The third-order valence-electron chi connectivity index (χ3n) is 3.78. The molecule has 0 spiro atoms. The van der Waals surface area contributed by atoms with Crippen LogP contribution in [-0.2, 0) is 30.2 Å². The standard InChI is InChI=1S/C18H22O6/c1-5-6-10-18(16(20)23-3,17(21)24-4)12-13-8-7-9-14(11-13)15(19)22-2/h5,7-9,11H,1,6,10,12H2,2-4H3. The van der Waals surface area contributed by atoms with Crippen molar-refractivity contribution in [2.24, 2.45) is 5.41 Å². The first-order valence-electron chi connectivity index (χ1n) is 7.40. The van der Waals surface area contributed by atoms with Crippen molar-refractivity contribution in [3.8, 4) is 0 Å². The molecule has 6 nitrogen and oxygen atoms in total. The zero-order valence-corrected chi connectivity index (χ0v) is 14.2. The van der Waals surface area contributed by atoms with Gasteiger partial charge in [0.1, 0.15) is 0 Å². The van der Waals surface area contributed by atoms with Gasteiger partial charge in [-0.3, -0.25) is 9.59 Å². The quantitative estimate of drug-likeness (QED) is 0.314. The largest absolute Gasteiger partial charge is 0.468 e. The van der Waals surface area contributed by atoms with Gasteiger partial charge in [0.15, 0.2) is 5.41 Å². The second-order valence-electron chi connectivity index (χ2n) is 5.26. The first kappa shape index (κ1) is 19.4. The van der Waals surface area contributed by atoms with Crippen LogP contribution in [-0.4, -0.2) is 39.2 Å². The van der Waals surface area contributed by atoms with Crippen LogP contribution in [0.5, 0.6) is 0 Å². The molecule has 0 aliphatic carbocycles. The number of carbonyl (C=O) groups excluding carboxylic acids is 3. The number of methoxy groups -OCH3 is 3. The van der Waals surface area contributed by atoms with Crippen molar-refractivity contribution in [2.45, 2.75) is 19.3 Å². The van der Waals surface area contributed by atoms with E-state index in [1.54, 1.807) is 30.3 Å². The van der Waals surface area contributed by atoms with Crippen molar-refractivity contribution in [3.05, 3.63) is 48.0 Å². The van der Waals surface area contributed by atoms with E-state index in [1.165, 1.54) is 21.3 Å². The lowest BCUT2D eigenvalue weighted by Gasteiger charge is -2.28. The molecule has 0 atom stereocenters. The highest BCUT2D eigenvalue weighted by atomic mass is 16.5. The summed E-state index contributed by atoms with van der Waals surface area (Å²) in [5.41, 5.74) is -0.535. The van der Waals surface area contributed by atoms with Crippen molar-refractivity contribution in [1.29, 1.82) is 0 Å². The Bertz CT molecular complexity index is 604. The molecule has 0 aromatic heterocycles. The number of hydrogen-bond acceptors (Lipinski definition) is 6. The lowest BCUT2D eigenvalue weighted by molar-refractivity contribution is -0.169. The van der Waals surface area contributed by atoms with Crippen LogP contribution in [0.2, 0.25) is 0 Å². The summed E-state index contributed by atoms with van der Waals surface area (Å²) in [7, 11) is 3.73. The summed E-state index contributed by atoms with van der Waals surface area (Å²) < 4.78 is 14.4. The predicted octanol–water partition coefficient (Wildman–Crippen LogP) is 2.31. The molecule has 0 aliphatic heterocycles. The maximum Gasteiger partial charge on any atom is 0.337 e. The Labute approximate surface area is 141 Å². The molecule has 0 aliphatic rings. The van der Waals surface area contributed by atoms with Crippen LogP contribution < -0.4 is 0 Å². The van der Waals surface area contributed by atoms with Crippen LogP contribution in [0.25, 0.3) is 0 Å². The summed E-state index contributed by atoms with van der Waals surface area (Å²) in [5.74, 6) is -1.86. The van der Waals surface area contributed by atoms with Crippen molar-refractivity contribution in [2.75, 3.05) is 21.3 Å². The predicted molar refractivity (Wildman–Crippen MR) is 87.4 cm³/mol. The maximum absolute atomic E-state index is 12.4. The third-order valence-corrected chi connectivity index (χ3v) is 3.78. The number of carbonyl (C=O) groups is 3. The molecular formula is C18H22O6. The highest BCUT2D eigenvalue weighted by molar-refractivity contribution is 6.00. The topological polar surface area (TPSA) is 78.9 Å². The Kier molecular flexibility index (Phi) is 7.17. The first-order valence-corrected chi connectivity index (χ1v) is 7.40. The van der Waals surface area contributed by atoms with Gasteiger partial charge in [-0.25, -0.2) is 4.79 Å². The van der Waals surface area contributed by atoms with E-state index in [9.17, 15) is 14.4 Å². The molecule has 0 fully saturated rings. The zero-order chi connectivity index (χ0) is 18.2. The van der Waals surface area contributed by atoms with Gasteiger partial charge in [0.05, 0.1) is 26.9 Å². The van der Waals surface area contributed by atoms with Crippen molar-refractivity contribution < 1.29 is 28.6 Å². The van der Waals surface area contributed by atoms with Gasteiger partial charge < -0.3 is 14.2 Å². The first-order chi connectivity index (χ1) is 11.4. The number of rotatable bonds is 8. The van der Waals surface area contributed by atoms with Gasteiger partial charge in [0.2, 0.25) is 0 Å². The Hall–Kier alpha value is -2.63. The van der Waals surface area contributed by atoms with Crippen LogP contribution in [0.4, 0.5) is 0 Å². The molecule has 0 amide bonds. The fourth-order valence-electron chi connectivity index (χ4n) is 2.53. The smallest absolute Gasteiger partial charge is 0.337 e. The van der Waals surface area contributed by atoms with Crippen LogP contribution in [0, 0.1) is 5.41 Å². The molecule has 1 aromatic rings. The van der Waals surface area contributed by atoms with E-state index in [0.717, 1.165) is 0 Å². The average molecular weight is 334 g/mol. The Morgan fingerprint density at radius 1 is 1.08 bits per heavy atom. The van der Waals surface area contributed by atoms with Crippen LogP contribution in [0.1, 0.15) is 28.8 Å². The minimum Gasteiger partial charge on any atom is -0.468 e. The molecule has 0 unspecified atom stereocenters. The van der Waals surface area contributed by atoms with Crippen molar-refractivity contribution in [3.63, 3.8) is 0 Å². The SMILES string of the molecule is C=CCCC(Cc1cccc(C(=O)OC)c1)(C(=O)OC)C(=O)OC. The molecule has 130 valence electrons. The Balaban J connectivity index is 3.29. The number of hydrogen-bond donors (Lipinski definition) is 0. The van der Waals surface area contributed by atoms with Gasteiger partial charge in [-0.1, -0.05) is 18.2 Å². The fraction of sp³-hybridized carbons (Fsp3) is 0.389. The molecular weight excluding hydrogens is 312 g/mol. The number of allylic oxidation sites excluding steroid dienone is 1. The molecule has 0 N–H and O–H groups in total. The second kappa shape index (κ2) is 8.86. The molecule has 1 rings (SSSR count). The molecule has 0 radical (unpaired) electrons. The van der Waals surface area contributed by atoms with E-state index < -0.39 is 23.3 Å².